The van der Waals surface area contributed by atoms with Crippen molar-refractivity contribution >= 4 is 17.5 Å². The number of hydrogen-bond acceptors (Lipinski definition) is 5. The highest BCUT2D eigenvalue weighted by molar-refractivity contribution is 5.92. The Kier molecular flexibility index (Phi) is 5.95. The van der Waals surface area contributed by atoms with E-state index < -0.39 is 6.10 Å². The van der Waals surface area contributed by atoms with E-state index in [1.807, 2.05) is 4.90 Å². The van der Waals surface area contributed by atoms with E-state index in [-0.39, 0.29) is 24.2 Å². The molecular formula is C17H23FN4O3. The largest absolute Gasteiger partial charge is 0.366 e. The fraction of sp³-hybridized carbons (Fsp3) is 0.529. The third-order valence-electron chi connectivity index (χ3n) is 4.38. The van der Waals surface area contributed by atoms with E-state index in [9.17, 15) is 14.0 Å². The number of amides is 2. The molecular weight excluding hydrogens is 327 g/mol. The molecule has 0 radical (unpaired) electrons. The number of nitrogens with zero attached hydrogens (tertiary/aromatic N) is 2. The predicted molar refractivity (Wildman–Crippen MR) is 90.7 cm³/mol. The summed E-state index contributed by atoms with van der Waals surface area (Å²) < 4.78 is 18.4. The van der Waals surface area contributed by atoms with Crippen LogP contribution in [0.15, 0.2) is 24.3 Å². The van der Waals surface area contributed by atoms with Crippen molar-refractivity contribution in [1.82, 2.24) is 15.1 Å². The highest BCUT2D eigenvalue weighted by Gasteiger charge is 2.29. The molecule has 0 aliphatic carbocycles. The van der Waals surface area contributed by atoms with E-state index in [0.717, 1.165) is 6.54 Å². The van der Waals surface area contributed by atoms with E-state index in [2.05, 4.69) is 10.6 Å². The van der Waals surface area contributed by atoms with Gasteiger partial charge in [0.05, 0.1) is 13.2 Å². The summed E-state index contributed by atoms with van der Waals surface area (Å²) >= 11 is 0. The number of carbonyl (C=O) groups is 2. The molecule has 2 amide bonds. The van der Waals surface area contributed by atoms with Gasteiger partial charge in [0.2, 0.25) is 5.91 Å². The van der Waals surface area contributed by atoms with Gasteiger partial charge in [0.25, 0.3) is 5.91 Å². The van der Waals surface area contributed by atoms with Crippen LogP contribution in [0.1, 0.15) is 0 Å². The first-order chi connectivity index (χ1) is 12.1. The van der Waals surface area contributed by atoms with Crippen molar-refractivity contribution in [1.29, 1.82) is 0 Å². The minimum Gasteiger partial charge on any atom is -0.366 e. The van der Waals surface area contributed by atoms with Crippen molar-refractivity contribution < 1.29 is 18.7 Å². The Morgan fingerprint density at radius 2 is 1.92 bits per heavy atom. The van der Waals surface area contributed by atoms with Crippen LogP contribution in [-0.4, -0.2) is 80.1 Å². The summed E-state index contributed by atoms with van der Waals surface area (Å²) in [4.78, 5) is 28.3. The molecule has 2 aliphatic rings. The van der Waals surface area contributed by atoms with Gasteiger partial charge < -0.3 is 20.3 Å². The molecule has 2 aliphatic heterocycles. The minimum absolute atomic E-state index is 0.0163. The van der Waals surface area contributed by atoms with Crippen molar-refractivity contribution in [3.8, 4) is 0 Å². The number of rotatable bonds is 4. The van der Waals surface area contributed by atoms with Gasteiger partial charge in [-0.15, -0.1) is 0 Å². The van der Waals surface area contributed by atoms with E-state index in [1.165, 1.54) is 24.3 Å². The number of piperazine rings is 1. The third kappa shape index (κ3) is 4.97. The molecule has 8 heteroatoms. The van der Waals surface area contributed by atoms with Gasteiger partial charge in [-0.3, -0.25) is 14.5 Å². The molecule has 2 saturated heterocycles. The van der Waals surface area contributed by atoms with Crippen LogP contribution in [-0.2, 0) is 14.3 Å². The Bertz CT molecular complexity index is 596. The second-order valence-electron chi connectivity index (χ2n) is 6.22. The lowest BCUT2D eigenvalue weighted by Gasteiger charge is -2.36. The van der Waals surface area contributed by atoms with E-state index in [1.54, 1.807) is 4.90 Å². The molecule has 1 aromatic rings. The van der Waals surface area contributed by atoms with Crippen LogP contribution >= 0.6 is 0 Å². The van der Waals surface area contributed by atoms with Gasteiger partial charge in [-0.05, 0) is 24.3 Å². The summed E-state index contributed by atoms with van der Waals surface area (Å²) in [6, 6.07) is 5.68. The first-order valence-electron chi connectivity index (χ1n) is 8.51. The van der Waals surface area contributed by atoms with Crippen molar-refractivity contribution in [3.05, 3.63) is 30.1 Å². The second kappa shape index (κ2) is 8.37. The van der Waals surface area contributed by atoms with Crippen molar-refractivity contribution in [2.24, 2.45) is 0 Å². The number of hydrogen-bond donors (Lipinski definition) is 2. The molecule has 2 fully saturated rings. The summed E-state index contributed by atoms with van der Waals surface area (Å²) in [5, 5.41) is 5.90. The maximum Gasteiger partial charge on any atom is 0.253 e. The third-order valence-corrected chi connectivity index (χ3v) is 4.38. The first kappa shape index (κ1) is 17.8. The molecule has 0 aromatic heterocycles. The van der Waals surface area contributed by atoms with E-state index in [4.69, 9.17) is 4.74 Å². The predicted octanol–water partition coefficient (Wildman–Crippen LogP) is -0.103. The molecule has 1 atom stereocenters. The highest BCUT2D eigenvalue weighted by Crippen LogP contribution is 2.10. The average Bonchev–Trinajstić information content (AvgIpc) is 2.64. The average molecular weight is 350 g/mol. The van der Waals surface area contributed by atoms with Gasteiger partial charge in [-0.1, -0.05) is 0 Å². The molecule has 2 N–H and O–H groups in total. The fourth-order valence-corrected chi connectivity index (χ4v) is 2.99. The molecule has 25 heavy (non-hydrogen) atoms. The number of halogens is 1. The van der Waals surface area contributed by atoms with Crippen LogP contribution in [0.3, 0.4) is 0 Å². The maximum absolute atomic E-state index is 12.9. The summed E-state index contributed by atoms with van der Waals surface area (Å²) in [5.74, 6) is -0.468. The van der Waals surface area contributed by atoms with Crippen LogP contribution in [0, 0.1) is 5.82 Å². The van der Waals surface area contributed by atoms with E-state index >= 15 is 0 Å². The van der Waals surface area contributed by atoms with Crippen LogP contribution in [0.2, 0.25) is 0 Å². The molecule has 2 heterocycles. The standard InChI is InChI=1S/C17H23FN4O3/c18-13-1-3-14(4-2-13)20-16(23)12-21-6-8-22(9-7-21)17(24)15-11-19-5-10-25-15/h1-4,15,19H,5-12H2,(H,20,23). The van der Waals surface area contributed by atoms with Crippen molar-refractivity contribution in [3.63, 3.8) is 0 Å². The fourth-order valence-electron chi connectivity index (χ4n) is 2.99. The zero-order valence-electron chi connectivity index (χ0n) is 14.0. The molecule has 0 spiro atoms. The molecule has 7 nitrogen and oxygen atoms in total. The number of ether oxygens (including phenoxy) is 1. The quantitative estimate of drug-likeness (QED) is 0.793. The SMILES string of the molecule is O=C(CN1CCN(C(=O)C2CNCCO2)CC1)Nc1ccc(F)cc1. The van der Waals surface area contributed by atoms with Crippen LogP contribution in [0.4, 0.5) is 10.1 Å². The summed E-state index contributed by atoms with van der Waals surface area (Å²) in [6.45, 7) is 4.59. The lowest BCUT2D eigenvalue weighted by atomic mass is 10.2. The van der Waals surface area contributed by atoms with Gasteiger partial charge in [0.15, 0.2) is 0 Å². The lowest BCUT2D eigenvalue weighted by Crippen LogP contribution is -2.55. The zero-order chi connectivity index (χ0) is 17.6. The lowest BCUT2D eigenvalue weighted by molar-refractivity contribution is -0.147. The molecule has 1 unspecified atom stereocenters. The molecule has 0 bridgehead atoms. The number of morpholine rings is 1. The second-order valence-corrected chi connectivity index (χ2v) is 6.22. The van der Waals surface area contributed by atoms with Crippen LogP contribution < -0.4 is 10.6 Å². The van der Waals surface area contributed by atoms with Gasteiger partial charge in [0.1, 0.15) is 11.9 Å². The smallest absolute Gasteiger partial charge is 0.253 e. The molecule has 3 rings (SSSR count). The van der Waals surface area contributed by atoms with Crippen molar-refractivity contribution in [2.75, 3.05) is 57.7 Å². The Balaban J connectivity index is 1.41. The molecule has 136 valence electrons. The minimum atomic E-state index is -0.401. The number of carbonyl (C=O) groups excluding carboxylic acids is 2. The molecule has 1 aromatic carbocycles. The monoisotopic (exact) mass is 350 g/mol. The summed E-state index contributed by atoms with van der Waals surface area (Å²) in [5.41, 5.74) is 0.571. The molecule has 0 saturated carbocycles. The summed E-state index contributed by atoms with van der Waals surface area (Å²) in [7, 11) is 0. The Hall–Kier alpha value is -2.03. The number of nitrogens with one attached hydrogen (secondary N) is 2. The first-order valence-corrected chi connectivity index (χ1v) is 8.51. The number of anilines is 1. The normalized spacial score (nSPS) is 21.8. The Labute approximate surface area is 146 Å². The van der Waals surface area contributed by atoms with E-state index in [0.29, 0.717) is 45.0 Å². The van der Waals surface area contributed by atoms with Gasteiger partial charge in [0, 0.05) is 45.0 Å². The zero-order valence-corrected chi connectivity index (χ0v) is 14.0. The Morgan fingerprint density at radius 3 is 2.56 bits per heavy atom. The van der Waals surface area contributed by atoms with Crippen LogP contribution in [0.5, 0.6) is 0 Å². The van der Waals surface area contributed by atoms with Crippen LogP contribution in [0.25, 0.3) is 0 Å². The topological polar surface area (TPSA) is 73.9 Å². The maximum atomic E-state index is 12.9. The van der Waals surface area contributed by atoms with Gasteiger partial charge in [-0.2, -0.15) is 0 Å². The van der Waals surface area contributed by atoms with Gasteiger partial charge >= 0.3 is 0 Å². The number of benzene rings is 1. The highest BCUT2D eigenvalue weighted by atomic mass is 19.1. The van der Waals surface area contributed by atoms with Gasteiger partial charge in [-0.25, -0.2) is 4.39 Å². The summed E-state index contributed by atoms with van der Waals surface area (Å²) in [6.07, 6.45) is -0.401. The Morgan fingerprint density at radius 1 is 1.20 bits per heavy atom. The van der Waals surface area contributed by atoms with Crippen molar-refractivity contribution in [2.45, 2.75) is 6.10 Å².